The number of nitrogens with one attached hydrogen (secondary N) is 1. The van der Waals surface area contributed by atoms with Crippen molar-refractivity contribution in [3.8, 4) is 5.69 Å². The average Bonchev–Trinajstić information content (AvgIpc) is 3.10. The van der Waals surface area contributed by atoms with E-state index < -0.39 is 0 Å². The molecule has 1 aromatic heterocycles. The van der Waals surface area contributed by atoms with Gasteiger partial charge in [-0.05, 0) is 56.3 Å². The molecule has 1 aliphatic rings. The van der Waals surface area contributed by atoms with Crippen LogP contribution in [0.2, 0.25) is 0 Å². The molecule has 1 heterocycles. The Hall–Kier alpha value is -1.68. The van der Waals surface area contributed by atoms with Gasteiger partial charge in [0.15, 0.2) is 0 Å². The lowest BCUT2D eigenvalue weighted by molar-refractivity contribution is 0.628. The van der Waals surface area contributed by atoms with Crippen LogP contribution in [0.3, 0.4) is 0 Å². The molecule has 1 fully saturated rings. The molecule has 0 saturated heterocycles. The average molecular weight is 256 g/mol. The topological polar surface area (TPSA) is 42.7 Å². The van der Waals surface area contributed by atoms with Crippen LogP contribution in [-0.4, -0.2) is 21.5 Å². The molecular formula is C15H20N4. The van der Waals surface area contributed by atoms with Crippen molar-refractivity contribution < 1.29 is 0 Å². The predicted molar refractivity (Wildman–Crippen MR) is 75.3 cm³/mol. The van der Waals surface area contributed by atoms with Crippen LogP contribution in [0.1, 0.15) is 29.7 Å². The Morgan fingerprint density at radius 1 is 1.32 bits per heavy atom. The molecule has 0 spiro atoms. The highest BCUT2D eigenvalue weighted by atomic mass is 15.4. The number of aromatic nitrogens is 3. The van der Waals surface area contributed by atoms with Gasteiger partial charge in [-0.2, -0.15) is 0 Å². The molecule has 1 saturated carbocycles. The first-order valence-electron chi connectivity index (χ1n) is 6.92. The Morgan fingerprint density at radius 3 is 2.95 bits per heavy atom. The van der Waals surface area contributed by atoms with E-state index in [0.717, 1.165) is 30.4 Å². The molecule has 0 bridgehead atoms. The van der Waals surface area contributed by atoms with Crippen LogP contribution in [0.15, 0.2) is 24.4 Å². The van der Waals surface area contributed by atoms with Crippen LogP contribution in [0, 0.1) is 19.8 Å². The van der Waals surface area contributed by atoms with Gasteiger partial charge in [-0.15, -0.1) is 5.10 Å². The molecule has 2 aromatic rings. The lowest BCUT2D eigenvalue weighted by Crippen LogP contribution is -2.16. The minimum Gasteiger partial charge on any atom is -0.311 e. The number of benzene rings is 1. The molecule has 100 valence electrons. The first-order valence-corrected chi connectivity index (χ1v) is 6.92. The first kappa shape index (κ1) is 12.4. The second-order valence-corrected chi connectivity index (χ2v) is 5.45. The zero-order valence-electron chi connectivity index (χ0n) is 11.6. The lowest BCUT2D eigenvalue weighted by Gasteiger charge is -2.07. The Balaban J connectivity index is 1.70. The highest BCUT2D eigenvalue weighted by molar-refractivity contribution is 5.43. The standard InChI is InChI=1S/C15H20N4/c1-11-4-3-5-15(12(11)2)19-10-14(17-18-19)9-16-8-13-6-7-13/h3-5,10,13,16H,6-9H2,1-2H3. The molecule has 4 nitrogen and oxygen atoms in total. The third kappa shape index (κ3) is 2.84. The predicted octanol–water partition coefficient (Wildman–Crippen LogP) is 2.38. The van der Waals surface area contributed by atoms with Crippen molar-refractivity contribution in [3.63, 3.8) is 0 Å². The molecule has 1 N–H and O–H groups in total. The van der Waals surface area contributed by atoms with E-state index in [9.17, 15) is 0 Å². The van der Waals surface area contributed by atoms with E-state index in [2.05, 4.69) is 47.7 Å². The van der Waals surface area contributed by atoms with E-state index in [4.69, 9.17) is 0 Å². The van der Waals surface area contributed by atoms with Gasteiger partial charge >= 0.3 is 0 Å². The van der Waals surface area contributed by atoms with Crippen LogP contribution in [-0.2, 0) is 6.54 Å². The normalized spacial score (nSPS) is 14.8. The van der Waals surface area contributed by atoms with Crippen LogP contribution in [0.4, 0.5) is 0 Å². The van der Waals surface area contributed by atoms with Gasteiger partial charge in [0.1, 0.15) is 0 Å². The van der Waals surface area contributed by atoms with Gasteiger partial charge in [-0.25, -0.2) is 4.68 Å². The molecule has 1 aromatic carbocycles. The summed E-state index contributed by atoms with van der Waals surface area (Å²) in [5.41, 5.74) is 4.65. The Kier molecular flexibility index (Phi) is 3.34. The minimum atomic E-state index is 0.807. The SMILES string of the molecule is Cc1cccc(-n2cc(CNCC3CC3)nn2)c1C. The summed E-state index contributed by atoms with van der Waals surface area (Å²) in [6.07, 6.45) is 4.77. The fourth-order valence-electron chi connectivity index (χ4n) is 2.21. The van der Waals surface area contributed by atoms with Gasteiger partial charge in [0.2, 0.25) is 0 Å². The van der Waals surface area contributed by atoms with Gasteiger partial charge in [-0.1, -0.05) is 17.3 Å². The lowest BCUT2D eigenvalue weighted by atomic mass is 10.1. The maximum atomic E-state index is 4.23. The summed E-state index contributed by atoms with van der Waals surface area (Å²) in [6, 6.07) is 6.26. The third-order valence-corrected chi connectivity index (χ3v) is 3.80. The molecule has 0 aliphatic heterocycles. The fraction of sp³-hybridized carbons (Fsp3) is 0.467. The van der Waals surface area contributed by atoms with Crippen LogP contribution < -0.4 is 5.32 Å². The van der Waals surface area contributed by atoms with Crippen molar-refractivity contribution in [1.82, 2.24) is 20.3 Å². The minimum absolute atomic E-state index is 0.807. The summed E-state index contributed by atoms with van der Waals surface area (Å²) < 4.78 is 1.87. The van der Waals surface area contributed by atoms with E-state index in [0.29, 0.717) is 0 Å². The number of aryl methyl sites for hydroxylation is 1. The molecule has 1 aliphatic carbocycles. The smallest absolute Gasteiger partial charge is 0.0969 e. The van der Waals surface area contributed by atoms with E-state index in [-0.39, 0.29) is 0 Å². The van der Waals surface area contributed by atoms with Crippen molar-refractivity contribution in [2.45, 2.75) is 33.2 Å². The second-order valence-electron chi connectivity index (χ2n) is 5.45. The largest absolute Gasteiger partial charge is 0.311 e. The van der Waals surface area contributed by atoms with Gasteiger partial charge < -0.3 is 5.32 Å². The molecule has 0 atom stereocenters. The first-order chi connectivity index (χ1) is 9.24. The second kappa shape index (κ2) is 5.13. The van der Waals surface area contributed by atoms with E-state index in [1.54, 1.807) is 0 Å². The number of hydrogen-bond acceptors (Lipinski definition) is 3. The van der Waals surface area contributed by atoms with Crippen molar-refractivity contribution in [2.24, 2.45) is 5.92 Å². The molecular weight excluding hydrogens is 236 g/mol. The zero-order chi connectivity index (χ0) is 13.2. The molecule has 19 heavy (non-hydrogen) atoms. The number of nitrogens with zero attached hydrogens (tertiary/aromatic N) is 3. The van der Waals surface area contributed by atoms with Crippen LogP contribution in [0.5, 0.6) is 0 Å². The molecule has 4 heteroatoms. The van der Waals surface area contributed by atoms with Crippen molar-refractivity contribution in [3.05, 3.63) is 41.2 Å². The fourth-order valence-corrected chi connectivity index (χ4v) is 2.21. The zero-order valence-corrected chi connectivity index (χ0v) is 11.6. The summed E-state index contributed by atoms with van der Waals surface area (Å²) in [6.45, 7) is 6.16. The van der Waals surface area contributed by atoms with Crippen molar-refractivity contribution in [2.75, 3.05) is 6.54 Å². The monoisotopic (exact) mass is 256 g/mol. The Labute approximate surface area is 113 Å². The van der Waals surface area contributed by atoms with Gasteiger partial charge in [0.25, 0.3) is 0 Å². The van der Waals surface area contributed by atoms with Gasteiger partial charge in [0.05, 0.1) is 17.6 Å². The van der Waals surface area contributed by atoms with E-state index >= 15 is 0 Å². The van der Waals surface area contributed by atoms with Crippen LogP contribution >= 0.6 is 0 Å². The van der Waals surface area contributed by atoms with Crippen molar-refractivity contribution >= 4 is 0 Å². The molecule has 0 unspecified atom stereocenters. The van der Waals surface area contributed by atoms with E-state index in [1.165, 1.54) is 24.0 Å². The van der Waals surface area contributed by atoms with Crippen molar-refractivity contribution in [1.29, 1.82) is 0 Å². The quantitative estimate of drug-likeness (QED) is 0.893. The highest BCUT2D eigenvalue weighted by Gasteiger charge is 2.20. The molecule has 3 rings (SSSR count). The Bertz CT molecular complexity index is 569. The van der Waals surface area contributed by atoms with Crippen LogP contribution in [0.25, 0.3) is 5.69 Å². The summed E-state index contributed by atoms with van der Waals surface area (Å²) in [7, 11) is 0. The summed E-state index contributed by atoms with van der Waals surface area (Å²) in [4.78, 5) is 0. The number of hydrogen-bond donors (Lipinski definition) is 1. The molecule has 0 amide bonds. The molecule has 0 radical (unpaired) electrons. The maximum Gasteiger partial charge on any atom is 0.0969 e. The highest BCUT2D eigenvalue weighted by Crippen LogP contribution is 2.27. The summed E-state index contributed by atoms with van der Waals surface area (Å²) in [5.74, 6) is 0.897. The van der Waals surface area contributed by atoms with Gasteiger partial charge in [-0.3, -0.25) is 0 Å². The summed E-state index contributed by atoms with van der Waals surface area (Å²) >= 11 is 0. The van der Waals surface area contributed by atoms with E-state index in [1.807, 2.05) is 10.9 Å². The summed E-state index contributed by atoms with van der Waals surface area (Å²) in [5, 5.41) is 11.9. The number of rotatable bonds is 5. The maximum absolute atomic E-state index is 4.23. The Morgan fingerprint density at radius 2 is 2.16 bits per heavy atom. The third-order valence-electron chi connectivity index (χ3n) is 3.80. The van der Waals surface area contributed by atoms with Gasteiger partial charge in [0, 0.05) is 6.54 Å².